The summed E-state index contributed by atoms with van der Waals surface area (Å²) in [5, 5.41) is 0. The first kappa shape index (κ1) is 23.2. The number of ether oxygens (including phenoxy) is 2. The van der Waals surface area contributed by atoms with E-state index in [9.17, 15) is 9.18 Å². The van der Waals surface area contributed by atoms with Gasteiger partial charge in [-0.2, -0.15) is 0 Å². The molecule has 0 saturated carbocycles. The Morgan fingerprint density at radius 3 is 2.43 bits per heavy atom. The molecule has 1 saturated heterocycles. The Morgan fingerprint density at radius 1 is 1.03 bits per heavy atom. The molecule has 2 aliphatic heterocycles. The Kier molecular flexibility index (Phi) is 6.61. The van der Waals surface area contributed by atoms with Gasteiger partial charge in [0.05, 0.1) is 32.6 Å². The minimum absolute atomic E-state index is 0.0766. The number of halogens is 1. The minimum Gasteiger partial charge on any atom is -0.497 e. The van der Waals surface area contributed by atoms with Gasteiger partial charge in [0.25, 0.3) is 0 Å². The monoisotopic (exact) mass is 473 g/mol. The van der Waals surface area contributed by atoms with Crippen molar-refractivity contribution < 1.29 is 18.7 Å². The Hall–Kier alpha value is -3.55. The Labute approximate surface area is 204 Å². The van der Waals surface area contributed by atoms with Gasteiger partial charge in [-0.3, -0.25) is 14.6 Å². The van der Waals surface area contributed by atoms with Gasteiger partial charge in [-0.15, -0.1) is 0 Å². The Bertz CT molecular complexity index is 1240. The molecule has 0 aromatic heterocycles. The first-order valence-electron chi connectivity index (χ1n) is 11.7. The number of amidine groups is 1. The van der Waals surface area contributed by atoms with Crippen LogP contribution in [0.1, 0.15) is 28.3 Å². The summed E-state index contributed by atoms with van der Waals surface area (Å²) in [4.78, 5) is 23.1. The first-order valence-corrected chi connectivity index (χ1v) is 11.7. The van der Waals surface area contributed by atoms with Gasteiger partial charge < -0.3 is 9.47 Å². The van der Waals surface area contributed by atoms with Crippen LogP contribution in [-0.4, -0.2) is 55.0 Å². The lowest BCUT2D eigenvalue weighted by Crippen LogP contribution is -2.49. The van der Waals surface area contributed by atoms with Crippen LogP contribution in [0, 0.1) is 12.7 Å². The molecule has 0 spiro atoms. The lowest BCUT2D eigenvalue weighted by molar-refractivity contribution is -0.135. The van der Waals surface area contributed by atoms with Gasteiger partial charge in [0.1, 0.15) is 23.4 Å². The highest BCUT2D eigenvalue weighted by molar-refractivity contribution is 6.11. The minimum atomic E-state index is -0.512. The van der Waals surface area contributed by atoms with E-state index in [1.165, 1.54) is 12.1 Å². The lowest BCUT2D eigenvalue weighted by atomic mass is 10.00. The fourth-order valence-corrected chi connectivity index (χ4v) is 4.65. The highest BCUT2D eigenvalue weighted by Crippen LogP contribution is 2.33. The number of amides is 1. The summed E-state index contributed by atoms with van der Waals surface area (Å²) in [5.74, 6) is 0.853. The van der Waals surface area contributed by atoms with Gasteiger partial charge in [0.2, 0.25) is 5.91 Å². The number of carbonyl (C=O) groups excluding carboxylic acids is 1. The van der Waals surface area contributed by atoms with E-state index in [1.807, 2.05) is 43.3 Å². The standard InChI is InChI=1S/C28H28FN3O3/c1-19-3-12-25-22(17-19)18-32(27(30-25)21-4-8-23(29)9-5-21)28(33)26(31-13-15-35-16-14-31)20-6-10-24(34-2)11-7-20/h3-12,17,26H,13-16,18H2,1-2H3. The maximum atomic E-state index is 14.4. The summed E-state index contributed by atoms with van der Waals surface area (Å²) in [5.41, 5.74) is 4.50. The molecular formula is C28H28FN3O3. The predicted octanol–water partition coefficient (Wildman–Crippen LogP) is 4.64. The highest BCUT2D eigenvalue weighted by Gasteiger charge is 2.36. The summed E-state index contributed by atoms with van der Waals surface area (Å²) >= 11 is 0. The fraction of sp³-hybridized carbons (Fsp3) is 0.286. The van der Waals surface area contributed by atoms with Gasteiger partial charge in [0, 0.05) is 18.7 Å². The van der Waals surface area contributed by atoms with Crippen LogP contribution in [0.15, 0.2) is 71.7 Å². The van der Waals surface area contributed by atoms with Crippen molar-refractivity contribution in [3.8, 4) is 5.75 Å². The number of hydrogen-bond donors (Lipinski definition) is 0. The van der Waals surface area contributed by atoms with Crippen LogP contribution in [0.5, 0.6) is 5.75 Å². The molecule has 1 fully saturated rings. The quantitative estimate of drug-likeness (QED) is 0.542. The number of rotatable bonds is 5. The highest BCUT2D eigenvalue weighted by atomic mass is 19.1. The number of hydrogen-bond acceptors (Lipinski definition) is 5. The number of aliphatic imine (C=N–C) groups is 1. The molecule has 0 aliphatic carbocycles. The number of nitrogens with zero attached hydrogens (tertiary/aromatic N) is 3. The fourth-order valence-electron chi connectivity index (χ4n) is 4.65. The molecule has 0 bridgehead atoms. The number of benzene rings is 3. The summed E-state index contributed by atoms with van der Waals surface area (Å²) in [6, 6.07) is 19.3. The number of aryl methyl sites for hydroxylation is 1. The molecule has 180 valence electrons. The third-order valence-electron chi connectivity index (χ3n) is 6.49. The van der Waals surface area contributed by atoms with Crippen molar-refractivity contribution in [3.05, 3.63) is 94.8 Å². The van der Waals surface area contributed by atoms with E-state index in [0.29, 0.717) is 44.2 Å². The lowest BCUT2D eigenvalue weighted by Gasteiger charge is -2.38. The SMILES string of the molecule is COc1ccc(C(C(=O)N2Cc3cc(C)ccc3N=C2c2ccc(F)cc2)N2CCOCC2)cc1. The molecule has 6 nitrogen and oxygen atoms in total. The summed E-state index contributed by atoms with van der Waals surface area (Å²) < 4.78 is 24.6. The molecule has 2 heterocycles. The van der Waals surface area contributed by atoms with Gasteiger partial charge >= 0.3 is 0 Å². The third-order valence-corrected chi connectivity index (χ3v) is 6.49. The zero-order valence-corrected chi connectivity index (χ0v) is 19.9. The van der Waals surface area contributed by atoms with E-state index in [1.54, 1.807) is 24.1 Å². The second-order valence-electron chi connectivity index (χ2n) is 8.82. The second kappa shape index (κ2) is 9.98. The molecule has 35 heavy (non-hydrogen) atoms. The van der Waals surface area contributed by atoms with Gasteiger partial charge in [-0.1, -0.05) is 29.8 Å². The van der Waals surface area contributed by atoms with Crippen LogP contribution in [0.25, 0.3) is 0 Å². The number of methoxy groups -OCH3 is 1. The summed E-state index contributed by atoms with van der Waals surface area (Å²) in [6.45, 7) is 4.86. The molecule has 5 rings (SSSR count). The molecule has 3 aromatic carbocycles. The average molecular weight is 474 g/mol. The van der Waals surface area contributed by atoms with Crippen molar-refractivity contribution in [1.82, 2.24) is 9.80 Å². The molecule has 2 aliphatic rings. The molecule has 3 aromatic rings. The van der Waals surface area contributed by atoms with Gasteiger partial charge in [-0.05, 0) is 60.5 Å². The second-order valence-corrected chi connectivity index (χ2v) is 8.82. The van der Waals surface area contributed by atoms with Crippen molar-refractivity contribution in [2.45, 2.75) is 19.5 Å². The van der Waals surface area contributed by atoms with Crippen molar-refractivity contribution >= 4 is 17.4 Å². The average Bonchev–Trinajstić information content (AvgIpc) is 2.89. The molecule has 7 heteroatoms. The van der Waals surface area contributed by atoms with E-state index < -0.39 is 6.04 Å². The molecular weight excluding hydrogens is 445 g/mol. The van der Waals surface area contributed by atoms with E-state index in [2.05, 4.69) is 11.0 Å². The topological polar surface area (TPSA) is 54.4 Å². The van der Waals surface area contributed by atoms with E-state index in [0.717, 1.165) is 28.1 Å². The van der Waals surface area contributed by atoms with Crippen molar-refractivity contribution in [2.75, 3.05) is 33.4 Å². The zero-order chi connectivity index (χ0) is 24.4. The maximum absolute atomic E-state index is 14.4. The molecule has 1 atom stereocenters. The first-order chi connectivity index (χ1) is 17.0. The predicted molar refractivity (Wildman–Crippen MR) is 132 cm³/mol. The normalized spacial score (nSPS) is 16.9. The third kappa shape index (κ3) is 4.83. The molecule has 0 radical (unpaired) electrons. The van der Waals surface area contributed by atoms with Crippen LogP contribution < -0.4 is 4.74 Å². The van der Waals surface area contributed by atoms with Crippen LogP contribution >= 0.6 is 0 Å². The number of fused-ring (bicyclic) bond motifs is 1. The Balaban J connectivity index is 1.58. The molecule has 1 amide bonds. The maximum Gasteiger partial charge on any atom is 0.250 e. The largest absolute Gasteiger partial charge is 0.497 e. The smallest absolute Gasteiger partial charge is 0.250 e. The van der Waals surface area contributed by atoms with Crippen LogP contribution in [0.4, 0.5) is 10.1 Å². The van der Waals surface area contributed by atoms with E-state index in [-0.39, 0.29) is 11.7 Å². The molecule has 0 N–H and O–H groups in total. The summed E-state index contributed by atoms with van der Waals surface area (Å²) in [7, 11) is 1.62. The van der Waals surface area contributed by atoms with Crippen molar-refractivity contribution in [2.24, 2.45) is 4.99 Å². The van der Waals surface area contributed by atoms with E-state index in [4.69, 9.17) is 14.5 Å². The number of carbonyl (C=O) groups is 1. The van der Waals surface area contributed by atoms with Gasteiger partial charge in [-0.25, -0.2) is 9.38 Å². The zero-order valence-electron chi connectivity index (χ0n) is 19.9. The Morgan fingerprint density at radius 2 is 1.74 bits per heavy atom. The van der Waals surface area contributed by atoms with Crippen molar-refractivity contribution in [1.29, 1.82) is 0 Å². The van der Waals surface area contributed by atoms with E-state index >= 15 is 0 Å². The van der Waals surface area contributed by atoms with Crippen LogP contribution in [0.3, 0.4) is 0 Å². The van der Waals surface area contributed by atoms with Crippen LogP contribution in [-0.2, 0) is 16.1 Å². The number of morpholine rings is 1. The van der Waals surface area contributed by atoms with Crippen molar-refractivity contribution in [3.63, 3.8) is 0 Å². The molecule has 1 unspecified atom stereocenters. The summed E-state index contributed by atoms with van der Waals surface area (Å²) in [6.07, 6.45) is 0. The van der Waals surface area contributed by atoms with Crippen LogP contribution in [0.2, 0.25) is 0 Å². The van der Waals surface area contributed by atoms with Gasteiger partial charge in [0.15, 0.2) is 0 Å².